The minimum absolute atomic E-state index is 0.242. The van der Waals surface area contributed by atoms with Crippen molar-refractivity contribution in [2.24, 2.45) is 0 Å². The average Bonchev–Trinajstić information content (AvgIpc) is 2.49. The Morgan fingerprint density at radius 2 is 2.31 bits per heavy atom. The number of rotatable bonds is 1. The fraction of sp³-hybridized carbons (Fsp3) is 0.167. The van der Waals surface area contributed by atoms with Gasteiger partial charge in [-0.1, -0.05) is 23.6 Å². The molecule has 13 heavy (non-hydrogen) atoms. The molecular formula is C6H3F2N3S2. The molecule has 0 aliphatic heterocycles. The third kappa shape index (κ3) is 1.44. The summed E-state index contributed by atoms with van der Waals surface area (Å²) in [5.74, 6) is 0. The molecule has 0 aliphatic carbocycles. The largest absolute Gasteiger partial charge is 0.336 e. The van der Waals surface area contributed by atoms with Crippen LogP contribution in [0.5, 0.6) is 0 Å². The first-order chi connectivity index (χ1) is 6.18. The highest BCUT2D eigenvalue weighted by atomic mass is 32.1. The predicted octanol–water partition coefficient (Wildman–Crippen LogP) is 2.69. The van der Waals surface area contributed by atoms with Crippen LogP contribution in [0.1, 0.15) is 11.4 Å². The Morgan fingerprint density at radius 1 is 1.54 bits per heavy atom. The molecule has 0 saturated carbocycles. The maximum Gasteiger partial charge on any atom is 0.289 e. The van der Waals surface area contributed by atoms with Gasteiger partial charge in [0.2, 0.25) is 0 Å². The first kappa shape index (κ1) is 8.64. The summed E-state index contributed by atoms with van der Waals surface area (Å²) < 4.78 is 24.8. The number of halogens is 2. The Hall–Kier alpha value is -0.950. The molecule has 0 aliphatic rings. The summed E-state index contributed by atoms with van der Waals surface area (Å²) in [4.78, 5) is 10.6. The Labute approximate surface area is 80.5 Å². The molecule has 0 radical (unpaired) electrons. The van der Waals surface area contributed by atoms with Crippen molar-refractivity contribution < 1.29 is 8.78 Å². The normalized spacial score (nSPS) is 11.3. The molecule has 0 unspecified atom stereocenters. The number of H-pyrrole nitrogens is 1. The highest BCUT2D eigenvalue weighted by molar-refractivity contribution is 7.71. The molecule has 0 saturated heterocycles. The molecule has 2 heterocycles. The van der Waals surface area contributed by atoms with E-state index in [-0.39, 0.29) is 5.01 Å². The van der Waals surface area contributed by atoms with Gasteiger partial charge in [0, 0.05) is 0 Å². The molecule has 1 N–H and O–H groups in total. The zero-order valence-electron chi connectivity index (χ0n) is 6.12. The van der Waals surface area contributed by atoms with E-state index in [0.29, 0.717) is 15.0 Å². The molecule has 0 spiro atoms. The Bertz CT molecular complexity index is 490. The SMILES string of the molecule is FC(F)c1nc2c(=S)[nH]cnc2s1. The molecule has 0 aromatic carbocycles. The summed E-state index contributed by atoms with van der Waals surface area (Å²) in [6.45, 7) is 0. The van der Waals surface area contributed by atoms with Crippen LogP contribution in [0, 0.1) is 4.64 Å². The second-order valence-corrected chi connectivity index (χ2v) is 3.66. The molecule has 2 aromatic heterocycles. The lowest BCUT2D eigenvalue weighted by atomic mass is 10.6. The van der Waals surface area contributed by atoms with Crippen molar-refractivity contribution in [2.45, 2.75) is 6.43 Å². The van der Waals surface area contributed by atoms with E-state index in [9.17, 15) is 8.78 Å². The molecule has 0 amide bonds. The summed E-state index contributed by atoms with van der Waals surface area (Å²) >= 11 is 5.72. The Morgan fingerprint density at radius 3 is 2.92 bits per heavy atom. The van der Waals surface area contributed by atoms with Crippen LogP contribution in [0.25, 0.3) is 10.3 Å². The van der Waals surface area contributed by atoms with Crippen LogP contribution in [-0.4, -0.2) is 15.0 Å². The van der Waals surface area contributed by atoms with E-state index in [1.54, 1.807) is 0 Å². The van der Waals surface area contributed by atoms with Gasteiger partial charge in [-0.25, -0.2) is 18.7 Å². The summed E-state index contributed by atoms with van der Waals surface area (Å²) in [5, 5.41) is -0.242. The molecule has 0 atom stereocenters. The molecule has 2 rings (SSSR count). The lowest BCUT2D eigenvalue weighted by Gasteiger charge is -1.86. The van der Waals surface area contributed by atoms with Gasteiger partial charge in [-0.15, -0.1) is 0 Å². The van der Waals surface area contributed by atoms with Gasteiger partial charge in [-0.3, -0.25) is 0 Å². The third-order valence-corrected chi connectivity index (χ3v) is 2.69. The van der Waals surface area contributed by atoms with Crippen molar-refractivity contribution in [3.05, 3.63) is 16.0 Å². The van der Waals surface area contributed by atoms with Crippen molar-refractivity contribution in [3.8, 4) is 0 Å². The molecule has 2 aromatic rings. The van der Waals surface area contributed by atoms with Crippen LogP contribution in [-0.2, 0) is 0 Å². The number of thiazole rings is 1. The van der Waals surface area contributed by atoms with E-state index in [1.807, 2.05) is 0 Å². The second-order valence-electron chi connectivity index (χ2n) is 2.24. The van der Waals surface area contributed by atoms with Crippen LogP contribution in [0.15, 0.2) is 6.33 Å². The fourth-order valence-corrected chi connectivity index (χ4v) is 1.91. The van der Waals surface area contributed by atoms with Crippen LogP contribution < -0.4 is 0 Å². The van der Waals surface area contributed by atoms with Gasteiger partial charge >= 0.3 is 0 Å². The summed E-state index contributed by atoms with van der Waals surface area (Å²) in [6.07, 6.45) is -1.19. The van der Waals surface area contributed by atoms with Gasteiger partial charge in [0.15, 0.2) is 5.01 Å². The van der Waals surface area contributed by atoms with Gasteiger partial charge in [-0.05, 0) is 0 Å². The van der Waals surface area contributed by atoms with Crippen molar-refractivity contribution in [1.82, 2.24) is 15.0 Å². The zero-order chi connectivity index (χ0) is 9.42. The molecule has 0 bridgehead atoms. The van der Waals surface area contributed by atoms with Crippen molar-refractivity contribution in [1.29, 1.82) is 0 Å². The maximum atomic E-state index is 12.2. The predicted molar refractivity (Wildman–Crippen MR) is 47.6 cm³/mol. The highest BCUT2D eigenvalue weighted by Crippen LogP contribution is 2.27. The first-order valence-electron chi connectivity index (χ1n) is 3.31. The molecule has 3 nitrogen and oxygen atoms in total. The van der Waals surface area contributed by atoms with Crippen LogP contribution in [0.4, 0.5) is 8.78 Å². The van der Waals surface area contributed by atoms with E-state index < -0.39 is 6.43 Å². The lowest BCUT2D eigenvalue weighted by molar-refractivity contribution is 0.151. The molecule has 68 valence electrons. The zero-order valence-corrected chi connectivity index (χ0v) is 7.75. The Kier molecular flexibility index (Phi) is 2.04. The van der Waals surface area contributed by atoms with E-state index in [1.165, 1.54) is 6.33 Å². The quantitative estimate of drug-likeness (QED) is 0.750. The van der Waals surface area contributed by atoms with Crippen molar-refractivity contribution >= 4 is 33.9 Å². The van der Waals surface area contributed by atoms with Crippen LogP contribution >= 0.6 is 23.6 Å². The lowest BCUT2D eigenvalue weighted by Crippen LogP contribution is -1.81. The number of nitrogens with zero attached hydrogens (tertiary/aromatic N) is 2. The maximum absolute atomic E-state index is 12.2. The average molecular weight is 219 g/mol. The van der Waals surface area contributed by atoms with E-state index in [0.717, 1.165) is 11.3 Å². The number of aromatic nitrogens is 3. The van der Waals surface area contributed by atoms with Crippen molar-refractivity contribution in [2.75, 3.05) is 0 Å². The fourth-order valence-electron chi connectivity index (χ4n) is 0.875. The van der Waals surface area contributed by atoms with Gasteiger partial charge in [-0.2, -0.15) is 0 Å². The summed E-state index contributed by atoms with van der Waals surface area (Å²) in [7, 11) is 0. The number of alkyl halides is 2. The van der Waals surface area contributed by atoms with Crippen molar-refractivity contribution in [3.63, 3.8) is 0 Å². The standard InChI is InChI=1S/C6H3F2N3S2/c7-3(8)6-11-2-4(12)9-1-10-5(2)13-6/h1,3H,(H,9,10,12). The first-order valence-corrected chi connectivity index (χ1v) is 4.53. The number of hydrogen-bond donors (Lipinski definition) is 1. The number of hydrogen-bond acceptors (Lipinski definition) is 4. The van der Waals surface area contributed by atoms with Gasteiger partial charge < -0.3 is 4.98 Å². The molecule has 7 heteroatoms. The minimum Gasteiger partial charge on any atom is -0.336 e. The second kappa shape index (κ2) is 3.08. The topological polar surface area (TPSA) is 41.6 Å². The van der Waals surface area contributed by atoms with Crippen LogP contribution in [0.3, 0.4) is 0 Å². The number of fused-ring (bicyclic) bond motifs is 1. The number of aromatic amines is 1. The third-order valence-electron chi connectivity index (χ3n) is 1.41. The highest BCUT2D eigenvalue weighted by Gasteiger charge is 2.14. The minimum atomic E-state index is -2.56. The summed E-state index contributed by atoms with van der Waals surface area (Å²) in [5.41, 5.74) is 0.345. The van der Waals surface area contributed by atoms with E-state index in [4.69, 9.17) is 12.2 Å². The van der Waals surface area contributed by atoms with Gasteiger partial charge in [0.1, 0.15) is 15.0 Å². The smallest absolute Gasteiger partial charge is 0.289 e. The Balaban J connectivity index is 2.76. The van der Waals surface area contributed by atoms with Gasteiger partial charge in [0.25, 0.3) is 6.43 Å². The molecule has 0 fully saturated rings. The van der Waals surface area contributed by atoms with Crippen LogP contribution in [0.2, 0.25) is 0 Å². The van der Waals surface area contributed by atoms with Gasteiger partial charge in [0.05, 0.1) is 6.33 Å². The molecular weight excluding hydrogens is 216 g/mol. The van der Waals surface area contributed by atoms with E-state index >= 15 is 0 Å². The number of nitrogens with one attached hydrogen (secondary N) is 1. The van der Waals surface area contributed by atoms with E-state index in [2.05, 4.69) is 15.0 Å². The monoisotopic (exact) mass is 219 g/mol. The summed E-state index contributed by atoms with van der Waals surface area (Å²) in [6, 6.07) is 0.